The first kappa shape index (κ1) is 16.0. The zero-order valence-electron chi connectivity index (χ0n) is 13.2. The van der Waals surface area contributed by atoms with Gasteiger partial charge in [0.15, 0.2) is 5.76 Å². The van der Waals surface area contributed by atoms with Gasteiger partial charge in [-0.25, -0.2) is 9.48 Å². The highest BCUT2D eigenvalue weighted by Crippen LogP contribution is 2.36. The van der Waals surface area contributed by atoms with Gasteiger partial charge in [-0.15, -0.1) is 5.10 Å². The van der Waals surface area contributed by atoms with Crippen molar-refractivity contribution in [2.24, 2.45) is 0 Å². The third-order valence-corrected chi connectivity index (χ3v) is 3.55. The van der Waals surface area contributed by atoms with Crippen LogP contribution in [0.2, 0.25) is 0 Å². The summed E-state index contributed by atoms with van der Waals surface area (Å²) in [6, 6.07) is 3.52. The first-order valence-corrected chi connectivity index (χ1v) is 7.75. The molecule has 0 spiro atoms. The Labute approximate surface area is 137 Å². The number of hydrogen-bond donors (Lipinski definition) is 1. The fraction of sp³-hybridized carbons (Fsp3) is 0.467. The van der Waals surface area contributed by atoms with Crippen LogP contribution in [0.15, 0.2) is 27.6 Å². The van der Waals surface area contributed by atoms with Crippen LogP contribution < -0.4 is 11.0 Å². The molecule has 3 rings (SSSR count). The summed E-state index contributed by atoms with van der Waals surface area (Å²) >= 11 is 0. The molecule has 2 aromatic rings. The lowest BCUT2D eigenvalue weighted by Gasteiger charge is -2.04. The van der Waals surface area contributed by atoms with Crippen molar-refractivity contribution in [2.75, 3.05) is 13.2 Å². The van der Waals surface area contributed by atoms with E-state index >= 15 is 0 Å². The molecule has 0 aliphatic heterocycles. The summed E-state index contributed by atoms with van der Waals surface area (Å²) in [5.41, 5.74) is -0.366. The third-order valence-electron chi connectivity index (χ3n) is 3.55. The van der Waals surface area contributed by atoms with E-state index < -0.39 is 11.9 Å². The van der Waals surface area contributed by atoms with Crippen LogP contribution in [0.4, 0.5) is 0 Å². The maximum Gasteiger partial charge on any atom is 0.347 e. The number of carbonyl (C=O) groups is 2. The zero-order chi connectivity index (χ0) is 17.1. The molecule has 0 atom stereocenters. The first-order chi connectivity index (χ1) is 11.6. The maximum absolute atomic E-state index is 12.5. The molecular weight excluding hydrogens is 316 g/mol. The molecule has 1 N–H and O–H groups in total. The molecule has 1 saturated carbocycles. The molecule has 0 bridgehead atoms. The van der Waals surface area contributed by atoms with Gasteiger partial charge in [0.05, 0.1) is 12.9 Å². The highest BCUT2D eigenvalue weighted by molar-refractivity contribution is 5.81. The summed E-state index contributed by atoms with van der Waals surface area (Å²) < 4.78 is 12.7. The smallest absolute Gasteiger partial charge is 0.347 e. The second kappa shape index (κ2) is 6.73. The van der Waals surface area contributed by atoms with Crippen LogP contribution in [-0.4, -0.2) is 39.4 Å². The van der Waals surface area contributed by atoms with E-state index in [9.17, 15) is 14.4 Å². The Morgan fingerprint density at radius 2 is 2.25 bits per heavy atom. The second-order valence-electron chi connectivity index (χ2n) is 5.42. The quantitative estimate of drug-likeness (QED) is 0.731. The molecule has 1 amide bonds. The van der Waals surface area contributed by atoms with Crippen molar-refractivity contribution in [2.45, 2.75) is 32.4 Å². The molecule has 0 radical (unpaired) electrons. The number of aromatic nitrogens is 3. The molecule has 9 nitrogen and oxygen atoms in total. The summed E-state index contributed by atoms with van der Waals surface area (Å²) in [5, 5.41) is 6.62. The standard InChI is InChI=1S/C15H18N4O5/c1-2-23-13(21)8-16-12(20)9-18-15(22)19(10-5-6-10)14(17-18)11-4-3-7-24-11/h3-4,7,10H,2,5-6,8-9H2,1H3,(H,16,20). The number of carbonyl (C=O) groups excluding carboxylic acids is 2. The van der Waals surface area contributed by atoms with Crippen LogP contribution >= 0.6 is 0 Å². The average Bonchev–Trinajstić information content (AvgIpc) is 3.13. The number of esters is 1. The highest BCUT2D eigenvalue weighted by atomic mass is 16.5. The lowest BCUT2D eigenvalue weighted by molar-refractivity contribution is -0.143. The molecule has 1 aliphatic carbocycles. The van der Waals surface area contributed by atoms with Crippen molar-refractivity contribution in [3.63, 3.8) is 0 Å². The number of nitrogens with one attached hydrogen (secondary N) is 1. The molecule has 24 heavy (non-hydrogen) atoms. The normalized spacial score (nSPS) is 13.7. The number of rotatable bonds is 7. The Hall–Kier alpha value is -2.84. The van der Waals surface area contributed by atoms with Crippen molar-refractivity contribution >= 4 is 11.9 Å². The Balaban J connectivity index is 1.74. The number of ether oxygens (including phenoxy) is 1. The monoisotopic (exact) mass is 334 g/mol. The topological polar surface area (TPSA) is 108 Å². The molecule has 0 unspecified atom stereocenters. The summed E-state index contributed by atoms with van der Waals surface area (Å²) in [6.07, 6.45) is 3.30. The Bertz CT molecular complexity index is 785. The van der Waals surface area contributed by atoms with E-state index in [2.05, 4.69) is 10.4 Å². The van der Waals surface area contributed by atoms with Crippen molar-refractivity contribution in [3.8, 4) is 11.6 Å². The maximum atomic E-state index is 12.5. The lowest BCUT2D eigenvalue weighted by Crippen LogP contribution is -2.36. The lowest BCUT2D eigenvalue weighted by atomic mass is 10.4. The van der Waals surface area contributed by atoms with Gasteiger partial charge in [0.2, 0.25) is 11.7 Å². The van der Waals surface area contributed by atoms with E-state index in [-0.39, 0.29) is 31.4 Å². The van der Waals surface area contributed by atoms with Gasteiger partial charge >= 0.3 is 11.7 Å². The summed E-state index contributed by atoms with van der Waals surface area (Å²) in [4.78, 5) is 35.6. The van der Waals surface area contributed by atoms with Crippen LogP contribution in [0, 0.1) is 0 Å². The molecule has 9 heteroatoms. The van der Waals surface area contributed by atoms with Crippen molar-refractivity contribution in [3.05, 3.63) is 28.9 Å². The van der Waals surface area contributed by atoms with Crippen LogP contribution in [0.25, 0.3) is 11.6 Å². The van der Waals surface area contributed by atoms with Crippen molar-refractivity contribution in [1.29, 1.82) is 0 Å². The molecule has 0 aromatic carbocycles. The molecule has 1 fully saturated rings. The van der Waals surface area contributed by atoms with Crippen molar-refractivity contribution in [1.82, 2.24) is 19.7 Å². The zero-order valence-corrected chi connectivity index (χ0v) is 13.2. The second-order valence-corrected chi connectivity index (χ2v) is 5.42. The number of amides is 1. The van der Waals surface area contributed by atoms with Gasteiger partial charge in [-0.3, -0.25) is 14.2 Å². The predicted octanol–water partition coefficient (Wildman–Crippen LogP) is 0.319. The summed E-state index contributed by atoms with van der Waals surface area (Å²) in [5.74, 6) is -0.134. The number of nitrogens with zero attached hydrogens (tertiary/aromatic N) is 3. The fourth-order valence-corrected chi connectivity index (χ4v) is 2.33. The Kier molecular flexibility index (Phi) is 4.50. The van der Waals surface area contributed by atoms with E-state index in [0.29, 0.717) is 11.6 Å². The van der Waals surface area contributed by atoms with Gasteiger partial charge in [-0.1, -0.05) is 0 Å². The minimum Gasteiger partial charge on any atom is -0.465 e. The summed E-state index contributed by atoms with van der Waals surface area (Å²) in [7, 11) is 0. The predicted molar refractivity (Wildman–Crippen MR) is 82.1 cm³/mol. The van der Waals surface area contributed by atoms with Crippen LogP contribution in [0.5, 0.6) is 0 Å². The van der Waals surface area contributed by atoms with E-state index in [0.717, 1.165) is 17.5 Å². The molecular formula is C15H18N4O5. The third kappa shape index (κ3) is 3.39. The molecule has 2 aromatic heterocycles. The van der Waals surface area contributed by atoms with E-state index in [4.69, 9.17) is 9.15 Å². The number of furan rings is 1. The van der Waals surface area contributed by atoms with E-state index in [1.165, 1.54) is 6.26 Å². The van der Waals surface area contributed by atoms with Gasteiger partial charge < -0.3 is 14.5 Å². The molecule has 1 aliphatic rings. The van der Waals surface area contributed by atoms with Crippen molar-refractivity contribution < 1.29 is 18.7 Å². The average molecular weight is 334 g/mol. The number of hydrogen-bond acceptors (Lipinski definition) is 6. The summed E-state index contributed by atoms with van der Waals surface area (Å²) in [6.45, 7) is 1.41. The van der Waals surface area contributed by atoms with Gasteiger partial charge in [0.1, 0.15) is 13.1 Å². The van der Waals surface area contributed by atoms with Crippen LogP contribution in [0.3, 0.4) is 0 Å². The SMILES string of the molecule is CCOC(=O)CNC(=O)Cn1nc(-c2ccco2)n(C2CC2)c1=O. The van der Waals surface area contributed by atoms with Crippen LogP contribution in [0.1, 0.15) is 25.8 Å². The minimum absolute atomic E-state index is 0.0916. The first-order valence-electron chi connectivity index (χ1n) is 7.75. The molecule has 0 saturated heterocycles. The molecule has 128 valence electrons. The van der Waals surface area contributed by atoms with Gasteiger partial charge in [-0.05, 0) is 31.9 Å². The van der Waals surface area contributed by atoms with Crippen LogP contribution in [-0.2, 0) is 20.9 Å². The Morgan fingerprint density at radius 1 is 1.46 bits per heavy atom. The highest BCUT2D eigenvalue weighted by Gasteiger charge is 2.31. The van der Waals surface area contributed by atoms with E-state index in [1.54, 1.807) is 23.6 Å². The largest absolute Gasteiger partial charge is 0.465 e. The molecule has 2 heterocycles. The van der Waals surface area contributed by atoms with Gasteiger partial charge in [0.25, 0.3) is 0 Å². The Morgan fingerprint density at radius 3 is 2.88 bits per heavy atom. The fourth-order valence-electron chi connectivity index (χ4n) is 2.33. The van der Waals surface area contributed by atoms with E-state index in [1.807, 2.05) is 0 Å². The van der Waals surface area contributed by atoms with Gasteiger partial charge in [-0.2, -0.15) is 0 Å². The van der Waals surface area contributed by atoms with Gasteiger partial charge in [0, 0.05) is 6.04 Å². The minimum atomic E-state index is -0.530.